The molecule has 114 valence electrons. The van der Waals surface area contributed by atoms with Gasteiger partial charge in [-0.3, -0.25) is 4.79 Å². The van der Waals surface area contributed by atoms with Crippen molar-refractivity contribution in [3.05, 3.63) is 34.9 Å². The van der Waals surface area contributed by atoms with E-state index in [2.05, 4.69) is 5.32 Å². The number of sulfone groups is 1. The Labute approximate surface area is 129 Å². The van der Waals surface area contributed by atoms with Crippen LogP contribution in [-0.2, 0) is 20.2 Å². The predicted octanol–water partition coefficient (Wildman–Crippen LogP) is 2.27. The highest BCUT2D eigenvalue weighted by Crippen LogP contribution is 2.46. The predicted molar refractivity (Wildman–Crippen MR) is 81.9 cm³/mol. The summed E-state index contributed by atoms with van der Waals surface area (Å²) in [6.45, 7) is 0. The van der Waals surface area contributed by atoms with E-state index in [-0.39, 0.29) is 28.9 Å². The van der Waals surface area contributed by atoms with Gasteiger partial charge in [0.05, 0.1) is 17.0 Å². The van der Waals surface area contributed by atoms with Crippen LogP contribution in [0.25, 0.3) is 0 Å². The zero-order valence-corrected chi connectivity index (χ0v) is 13.2. The fourth-order valence-corrected chi connectivity index (χ4v) is 5.06. The molecule has 2 fully saturated rings. The van der Waals surface area contributed by atoms with Crippen LogP contribution in [0.3, 0.4) is 0 Å². The van der Waals surface area contributed by atoms with E-state index in [9.17, 15) is 13.2 Å². The summed E-state index contributed by atoms with van der Waals surface area (Å²) < 4.78 is 22.9. The Morgan fingerprint density at radius 1 is 1.38 bits per heavy atom. The molecule has 0 radical (unpaired) electrons. The number of rotatable bonds is 4. The monoisotopic (exact) mass is 327 g/mol. The molecule has 1 aromatic rings. The maximum absolute atomic E-state index is 12.2. The minimum atomic E-state index is -2.92. The molecule has 1 heterocycles. The Hall–Kier alpha value is -1.07. The first-order chi connectivity index (χ1) is 9.89. The van der Waals surface area contributed by atoms with Crippen LogP contribution in [0.4, 0.5) is 0 Å². The third kappa shape index (κ3) is 3.40. The molecule has 1 saturated carbocycles. The van der Waals surface area contributed by atoms with Crippen LogP contribution < -0.4 is 5.32 Å². The average molecular weight is 328 g/mol. The standard InChI is InChI=1S/C15H18ClNO3S/c16-13-3-1-2-12(9-13)15(5-6-15)17-14(18)8-11-4-7-21(19,20)10-11/h1-3,9,11H,4-8,10H2,(H,17,18). The number of carbonyl (C=O) groups excluding carboxylic acids is 1. The van der Waals surface area contributed by atoms with Gasteiger partial charge in [0.15, 0.2) is 9.84 Å². The Bertz CT molecular complexity index is 667. The summed E-state index contributed by atoms with van der Waals surface area (Å²) in [4.78, 5) is 12.2. The molecule has 1 aromatic carbocycles. The molecule has 2 aliphatic rings. The lowest BCUT2D eigenvalue weighted by Gasteiger charge is -2.19. The highest BCUT2D eigenvalue weighted by Gasteiger charge is 2.46. The van der Waals surface area contributed by atoms with Crippen molar-refractivity contribution in [3.8, 4) is 0 Å². The maximum Gasteiger partial charge on any atom is 0.221 e. The molecule has 1 N–H and O–H groups in total. The van der Waals surface area contributed by atoms with Gasteiger partial charge in [0.25, 0.3) is 0 Å². The fourth-order valence-electron chi connectivity index (χ4n) is 3.01. The van der Waals surface area contributed by atoms with Gasteiger partial charge in [0, 0.05) is 11.4 Å². The van der Waals surface area contributed by atoms with Crippen molar-refractivity contribution in [1.29, 1.82) is 0 Å². The third-order valence-corrected chi connectivity index (χ3v) is 6.38. The molecule has 1 unspecified atom stereocenters. The Morgan fingerprint density at radius 3 is 2.71 bits per heavy atom. The summed E-state index contributed by atoms with van der Waals surface area (Å²) in [7, 11) is -2.92. The molecule has 3 rings (SSSR count). The van der Waals surface area contributed by atoms with E-state index in [0.717, 1.165) is 18.4 Å². The van der Waals surface area contributed by atoms with Crippen LogP contribution in [0.2, 0.25) is 5.02 Å². The van der Waals surface area contributed by atoms with Crippen molar-refractivity contribution in [3.63, 3.8) is 0 Å². The Kier molecular flexibility index (Phi) is 3.74. The summed E-state index contributed by atoms with van der Waals surface area (Å²) in [6, 6.07) is 7.55. The second-order valence-corrected chi connectivity index (χ2v) is 8.78. The van der Waals surface area contributed by atoms with Crippen LogP contribution in [0, 0.1) is 5.92 Å². The first-order valence-corrected chi connectivity index (χ1v) is 9.36. The van der Waals surface area contributed by atoms with E-state index in [4.69, 9.17) is 11.6 Å². The third-order valence-electron chi connectivity index (χ3n) is 4.31. The van der Waals surface area contributed by atoms with Crippen LogP contribution >= 0.6 is 11.6 Å². The molecular formula is C15H18ClNO3S. The molecular weight excluding hydrogens is 310 g/mol. The second-order valence-electron chi connectivity index (χ2n) is 6.11. The van der Waals surface area contributed by atoms with E-state index in [1.165, 1.54) is 0 Å². The van der Waals surface area contributed by atoms with E-state index >= 15 is 0 Å². The maximum atomic E-state index is 12.2. The quantitative estimate of drug-likeness (QED) is 0.922. The number of benzene rings is 1. The van der Waals surface area contributed by atoms with E-state index in [0.29, 0.717) is 17.9 Å². The number of amides is 1. The van der Waals surface area contributed by atoms with Crippen molar-refractivity contribution in [2.24, 2.45) is 5.92 Å². The van der Waals surface area contributed by atoms with Gasteiger partial charge in [-0.15, -0.1) is 0 Å². The highest BCUT2D eigenvalue weighted by atomic mass is 35.5. The summed E-state index contributed by atoms with van der Waals surface area (Å²) in [5.74, 6) is 0.259. The number of nitrogens with one attached hydrogen (secondary N) is 1. The Morgan fingerprint density at radius 2 is 2.14 bits per heavy atom. The van der Waals surface area contributed by atoms with Gasteiger partial charge in [-0.1, -0.05) is 23.7 Å². The molecule has 0 aromatic heterocycles. The first kappa shape index (κ1) is 14.9. The highest BCUT2D eigenvalue weighted by molar-refractivity contribution is 7.91. The molecule has 1 aliphatic carbocycles. The number of hydrogen-bond donors (Lipinski definition) is 1. The van der Waals surface area contributed by atoms with Gasteiger partial charge >= 0.3 is 0 Å². The molecule has 1 saturated heterocycles. The minimum Gasteiger partial charge on any atom is -0.347 e. The van der Waals surface area contributed by atoms with Gasteiger partial charge in [0.2, 0.25) is 5.91 Å². The zero-order chi connectivity index (χ0) is 15.1. The van der Waals surface area contributed by atoms with Crippen molar-refractivity contribution in [1.82, 2.24) is 5.32 Å². The van der Waals surface area contributed by atoms with Crippen LogP contribution in [-0.4, -0.2) is 25.8 Å². The normalized spacial score (nSPS) is 25.5. The largest absolute Gasteiger partial charge is 0.347 e. The lowest BCUT2D eigenvalue weighted by molar-refractivity contribution is -0.122. The van der Waals surface area contributed by atoms with Gasteiger partial charge < -0.3 is 5.32 Å². The van der Waals surface area contributed by atoms with E-state index < -0.39 is 9.84 Å². The average Bonchev–Trinajstić information content (AvgIpc) is 3.09. The number of hydrogen-bond acceptors (Lipinski definition) is 3. The number of carbonyl (C=O) groups is 1. The fraction of sp³-hybridized carbons (Fsp3) is 0.533. The second kappa shape index (κ2) is 5.29. The summed E-state index contributed by atoms with van der Waals surface area (Å²) in [5, 5.41) is 3.73. The lowest BCUT2D eigenvalue weighted by Crippen LogP contribution is -2.36. The van der Waals surface area contributed by atoms with Gasteiger partial charge in [-0.05, 0) is 42.9 Å². The smallest absolute Gasteiger partial charge is 0.221 e. The topological polar surface area (TPSA) is 63.2 Å². The first-order valence-electron chi connectivity index (χ1n) is 7.16. The molecule has 4 nitrogen and oxygen atoms in total. The van der Waals surface area contributed by atoms with Gasteiger partial charge in [-0.25, -0.2) is 8.42 Å². The van der Waals surface area contributed by atoms with Crippen LogP contribution in [0.5, 0.6) is 0 Å². The molecule has 1 amide bonds. The van der Waals surface area contributed by atoms with Crippen molar-refractivity contribution < 1.29 is 13.2 Å². The van der Waals surface area contributed by atoms with Crippen molar-refractivity contribution >= 4 is 27.3 Å². The molecule has 1 aliphatic heterocycles. The summed E-state index contributed by atoms with van der Waals surface area (Å²) in [5.41, 5.74) is 0.738. The van der Waals surface area contributed by atoms with Crippen LogP contribution in [0.1, 0.15) is 31.2 Å². The molecule has 21 heavy (non-hydrogen) atoms. The van der Waals surface area contributed by atoms with Crippen molar-refractivity contribution in [2.45, 2.75) is 31.2 Å². The summed E-state index contributed by atoms with van der Waals surface area (Å²) in [6.07, 6.45) is 2.70. The van der Waals surface area contributed by atoms with E-state index in [1.54, 1.807) is 0 Å². The lowest BCUT2D eigenvalue weighted by atomic mass is 10.0. The van der Waals surface area contributed by atoms with Crippen LogP contribution in [0.15, 0.2) is 24.3 Å². The Balaban J connectivity index is 1.63. The molecule has 1 atom stereocenters. The van der Waals surface area contributed by atoms with Gasteiger partial charge in [0.1, 0.15) is 0 Å². The summed E-state index contributed by atoms with van der Waals surface area (Å²) >= 11 is 6.00. The molecule has 0 bridgehead atoms. The minimum absolute atomic E-state index is 0.0369. The van der Waals surface area contributed by atoms with E-state index in [1.807, 2.05) is 24.3 Å². The zero-order valence-electron chi connectivity index (χ0n) is 11.6. The van der Waals surface area contributed by atoms with Crippen molar-refractivity contribution in [2.75, 3.05) is 11.5 Å². The van der Waals surface area contributed by atoms with Gasteiger partial charge in [-0.2, -0.15) is 0 Å². The molecule has 0 spiro atoms. The number of halogens is 1. The SMILES string of the molecule is O=C(CC1CCS(=O)(=O)C1)NC1(c2cccc(Cl)c2)CC1. The molecule has 6 heteroatoms.